The van der Waals surface area contributed by atoms with Crippen LogP contribution in [0.1, 0.15) is 55.6 Å². The van der Waals surface area contributed by atoms with Crippen LogP contribution in [0.4, 0.5) is 0 Å². The Kier molecular flexibility index (Phi) is 5.25. The first-order valence-corrected chi connectivity index (χ1v) is 9.68. The molecule has 140 valence electrons. The van der Waals surface area contributed by atoms with Gasteiger partial charge in [-0.1, -0.05) is 19.9 Å². The average molecular weight is 362 g/mol. The average Bonchev–Trinajstić information content (AvgIpc) is 3.19. The van der Waals surface area contributed by atoms with Gasteiger partial charge in [-0.2, -0.15) is 0 Å². The Morgan fingerprint density at radius 2 is 2.00 bits per heavy atom. The van der Waals surface area contributed by atoms with Crippen LogP contribution in [0.15, 0.2) is 49.3 Å². The lowest BCUT2D eigenvalue weighted by Crippen LogP contribution is -2.34. The third-order valence-electron chi connectivity index (χ3n) is 5.14. The van der Waals surface area contributed by atoms with Crippen LogP contribution in [0.3, 0.4) is 0 Å². The maximum absolute atomic E-state index is 4.75. The molecule has 3 aromatic rings. The highest BCUT2D eigenvalue weighted by atomic mass is 15.2. The quantitative estimate of drug-likeness (QED) is 0.694. The van der Waals surface area contributed by atoms with Crippen LogP contribution in [-0.2, 0) is 6.54 Å². The van der Waals surface area contributed by atoms with Crippen LogP contribution < -0.4 is 0 Å². The van der Waals surface area contributed by atoms with Crippen LogP contribution in [0.5, 0.6) is 0 Å². The number of likely N-dealkylation sites (tertiary alicyclic amines) is 1. The van der Waals surface area contributed by atoms with Crippen molar-refractivity contribution >= 4 is 0 Å². The van der Waals surface area contributed by atoms with E-state index in [2.05, 4.69) is 44.3 Å². The van der Waals surface area contributed by atoms with Crippen molar-refractivity contribution in [3.63, 3.8) is 0 Å². The van der Waals surface area contributed by atoms with Crippen molar-refractivity contribution in [1.82, 2.24) is 29.4 Å². The largest absolute Gasteiger partial charge is 0.298 e. The normalized spacial score (nSPS) is 18.1. The van der Waals surface area contributed by atoms with Gasteiger partial charge in [0.1, 0.15) is 5.82 Å². The zero-order valence-corrected chi connectivity index (χ0v) is 16.0. The van der Waals surface area contributed by atoms with E-state index < -0.39 is 0 Å². The summed E-state index contributed by atoms with van der Waals surface area (Å²) in [6.07, 6.45) is 13.5. The second-order valence-corrected chi connectivity index (χ2v) is 7.51. The summed E-state index contributed by atoms with van der Waals surface area (Å²) >= 11 is 0. The molecule has 1 aliphatic heterocycles. The maximum atomic E-state index is 4.75. The number of rotatable bonds is 5. The number of imidazole rings is 1. The second-order valence-electron chi connectivity index (χ2n) is 7.51. The van der Waals surface area contributed by atoms with E-state index in [1.807, 2.05) is 37.1 Å². The summed E-state index contributed by atoms with van der Waals surface area (Å²) in [5.41, 5.74) is 2.34. The molecular formula is C21H26N6. The maximum Gasteiger partial charge on any atom is 0.160 e. The van der Waals surface area contributed by atoms with Crippen molar-refractivity contribution in [3.05, 3.63) is 66.4 Å². The molecule has 0 bridgehead atoms. The molecule has 1 unspecified atom stereocenters. The number of hydrogen-bond acceptors (Lipinski definition) is 5. The molecule has 27 heavy (non-hydrogen) atoms. The predicted octanol–water partition coefficient (Wildman–Crippen LogP) is 3.56. The van der Waals surface area contributed by atoms with Crippen molar-refractivity contribution in [3.8, 4) is 5.82 Å². The Hall–Kier alpha value is -2.60. The molecule has 0 spiro atoms. The minimum atomic E-state index is 0.336. The minimum Gasteiger partial charge on any atom is -0.298 e. The van der Waals surface area contributed by atoms with Crippen LogP contribution >= 0.6 is 0 Å². The summed E-state index contributed by atoms with van der Waals surface area (Å²) in [7, 11) is 0. The first-order valence-electron chi connectivity index (χ1n) is 9.68. The Morgan fingerprint density at radius 3 is 2.81 bits per heavy atom. The zero-order chi connectivity index (χ0) is 18.6. The summed E-state index contributed by atoms with van der Waals surface area (Å²) in [5, 5.41) is 0. The van der Waals surface area contributed by atoms with Gasteiger partial charge in [0.2, 0.25) is 0 Å². The molecule has 0 aliphatic carbocycles. The van der Waals surface area contributed by atoms with Gasteiger partial charge in [0.05, 0.1) is 5.69 Å². The summed E-state index contributed by atoms with van der Waals surface area (Å²) < 4.78 is 2.10. The summed E-state index contributed by atoms with van der Waals surface area (Å²) in [4.78, 5) is 20.7. The molecule has 4 rings (SSSR count). The van der Waals surface area contributed by atoms with Gasteiger partial charge in [0.15, 0.2) is 5.82 Å². The molecule has 3 aromatic heterocycles. The van der Waals surface area contributed by atoms with Crippen LogP contribution in [0.25, 0.3) is 5.82 Å². The molecule has 1 atom stereocenters. The highest BCUT2D eigenvalue weighted by Crippen LogP contribution is 2.30. The minimum absolute atomic E-state index is 0.336. The first kappa shape index (κ1) is 17.8. The molecule has 1 saturated heterocycles. The second kappa shape index (κ2) is 7.96. The van der Waals surface area contributed by atoms with Crippen molar-refractivity contribution in [2.24, 2.45) is 0 Å². The van der Waals surface area contributed by atoms with Crippen LogP contribution in [-0.4, -0.2) is 42.5 Å². The third-order valence-corrected chi connectivity index (χ3v) is 5.14. The molecule has 0 N–H and O–H groups in total. The van der Waals surface area contributed by atoms with Gasteiger partial charge >= 0.3 is 0 Å². The highest BCUT2D eigenvalue weighted by molar-refractivity contribution is 5.33. The number of nitrogens with zero attached hydrogens (tertiary/aromatic N) is 6. The summed E-state index contributed by atoms with van der Waals surface area (Å²) in [5.74, 6) is 2.66. The van der Waals surface area contributed by atoms with Gasteiger partial charge in [-0.15, -0.1) is 0 Å². The molecule has 0 radical (unpaired) electrons. The fourth-order valence-corrected chi connectivity index (χ4v) is 3.91. The van der Waals surface area contributed by atoms with Gasteiger partial charge in [-0.25, -0.2) is 9.97 Å². The highest BCUT2D eigenvalue weighted by Gasteiger charge is 2.26. The molecule has 6 nitrogen and oxygen atoms in total. The molecule has 6 heteroatoms. The van der Waals surface area contributed by atoms with Crippen molar-refractivity contribution < 1.29 is 0 Å². The van der Waals surface area contributed by atoms with Gasteiger partial charge in [-0.05, 0) is 31.0 Å². The van der Waals surface area contributed by atoms with E-state index in [-0.39, 0.29) is 0 Å². The number of aromatic nitrogens is 5. The van der Waals surface area contributed by atoms with Crippen molar-refractivity contribution in [2.75, 3.05) is 13.1 Å². The lowest BCUT2D eigenvalue weighted by molar-refractivity contribution is 0.198. The number of pyridine rings is 1. The third kappa shape index (κ3) is 3.90. The Bertz CT molecular complexity index is 873. The molecular weight excluding hydrogens is 336 g/mol. The number of piperidine rings is 1. The summed E-state index contributed by atoms with van der Waals surface area (Å²) in [6.45, 7) is 7.36. The smallest absolute Gasteiger partial charge is 0.160 e. The van der Waals surface area contributed by atoms with Crippen LogP contribution in [0.2, 0.25) is 0 Å². The Morgan fingerprint density at radius 1 is 1.11 bits per heavy atom. The molecule has 0 saturated carbocycles. The van der Waals surface area contributed by atoms with Gasteiger partial charge in [0.25, 0.3) is 0 Å². The van der Waals surface area contributed by atoms with E-state index in [0.29, 0.717) is 11.8 Å². The molecule has 0 aromatic carbocycles. The van der Waals surface area contributed by atoms with Gasteiger partial charge in [0, 0.05) is 62.1 Å². The topological polar surface area (TPSA) is 59.7 Å². The van der Waals surface area contributed by atoms with Crippen molar-refractivity contribution in [2.45, 2.75) is 45.1 Å². The van der Waals surface area contributed by atoms with E-state index in [1.165, 1.54) is 12.0 Å². The summed E-state index contributed by atoms with van der Waals surface area (Å²) in [6, 6.07) is 4.15. The van der Waals surface area contributed by atoms with Crippen molar-refractivity contribution in [1.29, 1.82) is 0 Å². The van der Waals surface area contributed by atoms with Gasteiger partial charge < -0.3 is 0 Å². The monoisotopic (exact) mass is 362 g/mol. The Labute approximate surface area is 160 Å². The zero-order valence-electron chi connectivity index (χ0n) is 16.0. The number of hydrogen-bond donors (Lipinski definition) is 0. The lowest BCUT2D eigenvalue weighted by Gasteiger charge is -2.33. The first-order chi connectivity index (χ1) is 13.2. The lowest BCUT2D eigenvalue weighted by atomic mass is 9.94. The van der Waals surface area contributed by atoms with E-state index >= 15 is 0 Å². The molecule has 1 fully saturated rings. The fraction of sp³-hybridized carbons (Fsp3) is 0.429. The van der Waals surface area contributed by atoms with E-state index in [9.17, 15) is 0 Å². The molecule has 1 aliphatic rings. The van der Waals surface area contributed by atoms with E-state index in [0.717, 1.165) is 43.4 Å². The molecule has 4 heterocycles. The van der Waals surface area contributed by atoms with Gasteiger partial charge in [-0.3, -0.25) is 19.4 Å². The van der Waals surface area contributed by atoms with E-state index in [4.69, 9.17) is 4.98 Å². The fourth-order valence-electron chi connectivity index (χ4n) is 3.91. The van der Waals surface area contributed by atoms with Crippen LogP contribution in [0, 0.1) is 0 Å². The molecule has 0 amide bonds. The standard InChI is InChI=1S/C21H26N6/c1-16(2)20-25-10-12-27(20)21-19(23-8-9-24-21)18-6-4-11-26(15-18)14-17-5-3-7-22-13-17/h3,5,7-10,12-13,16,18H,4,6,11,14-15H2,1-2H3. The SMILES string of the molecule is CC(C)c1nccn1-c1nccnc1C1CCCN(Cc2cccnc2)C1. The van der Waals surface area contributed by atoms with E-state index in [1.54, 1.807) is 6.20 Å². The Balaban J connectivity index is 1.59. The predicted molar refractivity (Wildman–Crippen MR) is 105 cm³/mol.